The Kier molecular flexibility index (Phi) is 5.36. The van der Waals surface area contributed by atoms with E-state index in [1.807, 2.05) is 31.2 Å². The predicted molar refractivity (Wildman–Crippen MR) is 124 cm³/mol. The van der Waals surface area contributed by atoms with Gasteiger partial charge in [-0.25, -0.2) is 15.6 Å². The fourth-order valence-electron chi connectivity index (χ4n) is 5.00. The molecule has 3 aromatic rings. The number of carboxylic acid groups (broad SMARTS) is 1. The van der Waals surface area contributed by atoms with Crippen LogP contribution >= 0.6 is 0 Å². The zero-order valence-corrected chi connectivity index (χ0v) is 18.4. The first-order valence-electron chi connectivity index (χ1n) is 10.9. The van der Waals surface area contributed by atoms with E-state index in [0.717, 1.165) is 11.1 Å². The number of hydrazine groups is 1. The van der Waals surface area contributed by atoms with Gasteiger partial charge >= 0.3 is 5.97 Å². The van der Waals surface area contributed by atoms with Crippen LogP contribution in [0.2, 0.25) is 0 Å². The molecule has 4 unspecified atom stereocenters. The molecule has 3 N–H and O–H groups in total. The molecule has 0 aromatic heterocycles. The zero-order valence-electron chi connectivity index (χ0n) is 18.4. The summed E-state index contributed by atoms with van der Waals surface area (Å²) in [5.41, 5.74) is 10.6. The van der Waals surface area contributed by atoms with Crippen molar-refractivity contribution in [2.24, 2.45) is 5.92 Å². The first-order chi connectivity index (χ1) is 16.0. The van der Waals surface area contributed by atoms with Crippen LogP contribution in [0.5, 0.6) is 5.75 Å². The smallest absolute Gasteiger partial charge is 0.335 e. The minimum atomic E-state index is -1.00. The minimum Gasteiger partial charge on any atom is -0.496 e. The quantitative estimate of drug-likeness (QED) is 0.558. The number of benzene rings is 3. The third-order valence-electron chi connectivity index (χ3n) is 6.60. The number of rotatable bonds is 5. The number of nitrogens with zero attached hydrogens (tertiary/aromatic N) is 1. The Labute approximate surface area is 192 Å². The highest BCUT2D eigenvalue weighted by Crippen LogP contribution is 2.50. The normalized spacial score (nSPS) is 24.1. The first kappa shape index (κ1) is 21.2. The Morgan fingerprint density at radius 1 is 0.939 bits per heavy atom. The van der Waals surface area contributed by atoms with E-state index in [-0.39, 0.29) is 29.5 Å². The van der Waals surface area contributed by atoms with Crippen LogP contribution < -0.4 is 20.5 Å². The van der Waals surface area contributed by atoms with Gasteiger partial charge in [0.05, 0.1) is 24.8 Å². The van der Waals surface area contributed by atoms with Gasteiger partial charge in [-0.2, -0.15) is 0 Å². The number of hydrogen-bond donors (Lipinski definition) is 3. The number of amides is 1. The number of aryl methyl sites for hydroxylation is 1. The van der Waals surface area contributed by atoms with Gasteiger partial charge in [0.1, 0.15) is 11.8 Å². The molecular weight excluding hydrogens is 418 g/mol. The van der Waals surface area contributed by atoms with Gasteiger partial charge in [0.25, 0.3) is 0 Å². The fraction of sp³-hybridized carbons (Fsp3) is 0.231. The van der Waals surface area contributed by atoms with Crippen LogP contribution in [0, 0.1) is 12.8 Å². The second-order valence-electron chi connectivity index (χ2n) is 8.48. The first-order valence-corrected chi connectivity index (χ1v) is 10.9. The molecule has 7 heteroatoms. The molecule has 0 aliphatic carbocycles. The highest BCUT2D eigenvalue weighted by atomic mass is 16.5. The Morgan fingerprint density at radius 3 is 2.27 bits per heavy atom. The summed E-state index contributed by atoms with van der Waals surface area (Å²) in [5.74, 6) is -0.479. The van der Waals surface area contributed by atoms with E-state index in [4.69, 9.17) is 4.74 Å². The standard InChI is InChI=1S/C26H25N3O4/c1-15-7-9-16(10-8-15)22-21-23(28-27-22)25(30)29(18-13-11-17(12-14-18)26(31)32)24(21)19-5-3-4-6-20(19)33-2/h3-14,21-24,27-28H,1-2H3,(H,31,32). The number of aromatic carboxylic acids is 1. The number of carbonyl (C=O) groups is 2. The van der Waals surface area contributed by atoms with Crippen LogP contribution in [0.3, 0.4) is 0 Å². The third kappa shape index (κ3) is 3.55. The molecule has 0 radical (unpaired) electrons. The third-order valence-corrected chi connectivity index (χ3v) is 6.60. The molecule has 0 spiro atoms. The van der Waals surface area contributed by atoms with Crippen molar-refractivity contribution in [2.75, 3.05) is 12.0 Å². The van der Waals surface area contributed by atoms with E-state index in [0.29, 0.717) is 11.4 Å². The molecule has 2 saturated heterocycles. The predicted octanol–water partition coefficient (Wildman–Crippen LogP) is 3.62. The van der Waals surface area contributed by atoms with Gasteiger partial charge in [-0.3, -0.25) is 4.79 Å². The molecule has 4 atom stereocenters. The van der Waals surface area contributed by atoms with Gasteiger partial charge in [-0.1, -0.05) is 48.0 Å². The zero-order chi connectivity index (χ0) is 23.1. The van der Waals surface area contributed by atoms with Crippen molar-refractivity contribution in [3.8, 4) is 5.75 Å². The summed E-state index contributed by atoms with van der Waals surface area (Å²) < 4.78 is 5.68. The summed E-state index contributed by atoms with van der Waals surface area (Å²) in [7, 11) is 1.63. The number of carbonyl (C=O) groups excluding carboxylic acids is 1. The van der Waals surface area contributed by atoms with Crippen molar-refractivity contribution in [1.29, 1.82) is 0 Å². The van der Waals surface area contributed by atoms with Crippen LogP contribution in [0.1, 0.15) is 39.1 Å². The van der Waals surface area contributed by atoms with Crippen LogP contribution in [0.4, 0.5) is 5.69 Å². The SMILES string of the molecule is COc1ccccc1C1C2C(NNC2c2ccc(C)cc2)C(=O)N1c1ccc(C(=O)O)cc1. The highest BCUT2D eigenvalue weighted by molar-refractivity contribution is 6.02. The maximum atomic E-state index is 13.7. The molecule has 168 valence electrons. The lowest BCUT2D eigenvalue weighted by molar-refractivity contribution is -0.119. The number of carboxylic acids is 1. The van der Waals surface area contributed by atoms with Gasteiger partial charge in [-0.05, 0) is 42.8 Å². The topological polar surface area (TPSA) is 90.9 Å². The number of fused-ring (bicyclic) bond motifs is 1. The van der Waals surface area contributed by atoms with Crippen molar-refractivity contribution < 1.29 is 19.4 Å². The molecule has 0 bridgehead atoms. The van der Waals surface area contributed by atoms with Crippen LogP contribution in [0.25, 0.3) is 0 Å². The largest absolute Gasteiger partial charge is 0.496 e. The van der Waals surface area contributed by atoms with Gasteiger partial charge < -0.3 is 14.7 Å². The Balaban J connectivity index is 1.64. The lowest BCUT2D eigenvalue weighted by Gasteiger charge is -2.32. The summed E-state index contributed by atoms with van der Waals surface area (Å²) in [6, 6.07) is 21.6. The molecule has 0 saturated carbocycles. The molecule has 1 amide bonds. The lowest BCUT2D eigenvalue weighted by Crippen LogP contribution is -2.41. The van der Waals surface area contributed by atoms with Gasteiger partial charge in [0, 0.05) is 17.2 Å². The van der Waals surface area contributed by atoms with Crippen LogP contribution in [-0.4, -0.2) is 30.1 Å². The molecule has 3 aromatic carbocycles. The number of para-hydroxylation sites is 1. The molecule has 33 heavy (non-hydrogen) atoms. The second-order valence-corrected chi connectivity index (χ2v) is 8.48. The van der Waals surface area contributed by atoms with Gasteiger partial charge in [-0.15, -0.1) is 0 Å². The van der Waals surface area contributed by atoms with E-state index in [1.165, 1.54) is 17.7 Å². The van der Waals surface area contributed by atoms with Crippen molar-refractivity contribution in [1.82, 2.24) is 10.9 Å². The average Bonchev–Trinajstić information content (AvgIpc) is 3.38. The van der Waals surface area contributed by atoms with Gasteiger partial charge in [0.15, 0.2) is 0 Å². The molecule has 2 fully saturated rings. The van der Waals surface area contributed by atoms with Crippen molar-refractivity contribution in [3.05, 3.63) is 95.1 Å². The van der Waals surface area contributed by atoms with E-state index < -0.39 is 12.0 Å². The number of methoxy groups -OCH3 is 1. The minimum absolute atomic E-state index is 0.0684. The Morgan fingerprint density at radius 2 is 1.61 bits per heavy atom. The Hall–Kier alpha value is -3.68. The van der Waals surface area contributed by atoms with Crippen LogP contribution in [-0.2, 0) is 4.79 Å². The maximum absolute atomic E-state index is 13.7. The maximum Gasteiger partial charge on any atom is 0.335 e. The summed E-state index contributed by atoms with van der Waals surface area (Å²) in [5, 5.41) is 9.29. The summed E-state index contributed by atoms with van der Waals surface area (Å²) in [6.07, 6.45) is 0. The summed E-state index contributed by atoms with van der Waals surface area (Å²) in [6.45, 7) is 2.05. The van der Waals surface area contributed by atoms with E-state index in [1.54, 1.807) is 24.1 Å². The average molecular weight is 444 g/mol. The van der Waals surface area contributed by atoms with E-state index >= 15 is 0 Å². The lowest BCUT2D eigenvalue weighted by atomic mass is 9.83. The number of nitrogens with one attached hydrogen (secondary N) is 2. The molecule has 5 rings (SSSR count). The van der Waals surface area contributed by atoms with Crippen molar-refractivity contribution in [3.63, 3.8) is 0 Å². The molecule has 2 heterocycles. The highest BCUT2D eigenvalue weighted by Gasteiger charge is 2.56. The summed E-state index contributed by atoms with van der Waals surface area (Å²) >= 11 is 0. The molecular formula is C26H25N3O4. The van der Waals surface area contributed by atoms with Crippen molar-refractivity contribution >= 4 is 17.6 Å². The van der Waals surface area contributed by atoms with Gasteiger partial charge in [0.2, 0.25) is 5.91 Å². The monoisotopic (exact) mass is 443 g/mol. The molecule has 2 aliphatic heterocycles. The molecule has 2 aliphatic rings. The number of ether oxygens (including phenoxy) is 1. The fourth-order valence-corrected chi connectivity index (χ4v) is 5.00. The second kappa shape index (κ2) is 8.35. The van der Waals surface area contributed by atoms with E-state index in [9.17, 15) is 14.7 Å². The van der Waals surface area contributed by atoms with E-state index in [2.05, 4.69) is 35.1 Å². The Bertz CT molecular complexity index is 1190. The summed E-state index contributed by atoms with van der Waals surface area (Å²) in [4.78, 5) is 26.8. The number of hydrogen-bond acceptors (Lipinski definition) is 5. The molecule has 7 nitrogen and oxygen atoms in total. The number of anilines is 1. The van der Waals surface area contributed by atoms with Crippen molar-refractivity contribution in [2.45, 2.75) is 25.0 Å². The van der Waals surface area contributed by atoms with Crippen LogP contribution in [0.15, 0.2) is 72.8 Å².